The van der Waals surface area contributed by atoms with Crippen LogP contribution in [0.25, 0.3) is 11.0 Å². The molecular weight excluding hydrogens is 346 g/mol. The summed E-state index contributed by atoms with van der Waals surface area (Å²) in [4.78, 5) is 16.4. The fourth-order valence-corrected chi connectivity index (χ4v) is 3.58. The number of amides is 1. The van der Waals surface area contributed by atoms with Gasteiger partial charge < -0.3 is 9.88 Å². The van der Waals surface area contributed by atoms with E-state index in [1.54, 1.807) is 0 Å². The van der Waals surface area contributed by atoms with Crippen molar-refractivity contribution in [2.45, 2.75) is 58.4 Å². The van der Waals surface area contributed by atoms with E-state index in [-0.39, 0.29) is 5.91 Å². The van der Waals surface area contributed by atoms with Crippen molar-refractivity contribution in [2.24, 2.45) is 0 Å². The van der Waals surface area contributed by atoms with Crippen molar-refractivity contribution in [2.75, 3.05) is 6.54 Å². The maximum Gasteiger partial charge on any atom is 0.219 e. The summed E-state index contributed by atoms with van der Waals surface area (Å²) in [6, 6.07) is 19.0. The number of carbonyl (C=O) groups is 1. The van der Waals surface area contributed by atoms with E-state index in [1.165, 1.54) is 16.9 Å². The Bertz CT molecular complexity index is 870. The SMILES string of the molecule is CCCC(=O)NCCCCCc1nc2ccccc2n1CCc1ccccc1. The van der Waals surface area contributed by atoms with E-state index >= 15 is 0 Å². The average Bonchev–Trinajstić information content (AvgIpc) is 3.07. The smallest absolute Gasteiger partial charge is 0.219 e. The Labute approximate surface area is 168 Å². The number of unbranched alkanes of at least 4 members (excludes halogenated alkanes) is 2. The largest absolute Gasteiger partial charge is 0.356 e. The quantitative estimate of drug-likeness (QED) is 0.483. The number of fused-ring (bicyclic) bond motifs is 1. The third-order valence-corrected chi connectivity index (χ3v) is 5.08. The van der Waals surface area contributed by atoms with Crippen molar-refractivity contribution in [1.82, 2.24) is 14.9 Å². The molecule has 0 aliphatic carbocycles. The van der Waals surface area contributed by atoms with Crippen LogP contribution in [0.5, 0.6) is 0 Å². The number of nitrogens with one attached hydrogen (secondary N) is 1. The van der Waals surface area contributed by atoms with Crippen LogP contribution in [-0.2, 0) is 24.2 Å². The number of hydrogen-bond acceptors (Lipinski definition) is 2. The number of carbonyl (C=O) groups excluding carboxylic acids is 1. The molecule has 0 saturated carbocycles. The average molecular weight is 378 g/mol. The highest BCUT2D eigenvalue weighted by molar-refractivity contribution is 5.76. The van der Waals surface area contributed by atoms with Crippen molar-refractivity contribution in [1.29, 1.82) is 0 Å². The standard InChI is InChI=1S/C24H31N3O/c1-2-11-24(28)25-18-10-4-7-16-23-26-21-14-8-9-15-22(21)27(23)19-17-20-12-5-3-6-13-20/h3,5-6,8-9,12-15H,2,4,7,10-11,16-19H2,1H3,(H,25,28). The van der Waals surface area contributed by atoms with Gasteiger partial charge in [-0.15, -0.1) is 0 Å². The van der Waals surface area contributed by atoms with Gasteiger partial charge in [0.05, 0.1) is 11.0 Å². The molecule has 0 aliphatic heterocycles. The highest BCUT2D eigenvalue weighted by Gasteiger charge is 2.10. The first kappa shape index (κ1) is 20.1. The Hall–Kier alpha value is -2.62. The van der Waals surface area contributed by atoms with E-state index in [9.17, 15) is 4.79 Å². The lowest BCUT2D eigenvalue weighted by molar-refractivity contribution is -0.121. The molecule has 0 atom stereocenters. The highest BCUT2D eigenvalue weighted by atomic mass is 16.1. The van der Waals surface area contributed by atoms with Crippen molar-refractivity contribution < 1.29 is 4.79 Å². The number of imidazole rings is 1. The van der Waals surface area contributed by atoms with Crippen LogP contribution in [0, 0.1) is 0 Å². The van der Waals surface area contributed by atoms with Crippen molar-refractivity contribution in [3.8, 4) is 0 Å². The lowest BCUT2D eigenvalue weighted by atomic mass is 10.1. The van der Waals surface area contributed by atoms with Gasteiger partial charge in [-0.1, -0.05) is 55.8 Å². The predicted molar refractivity (Wildman–Crippen MR) is 115 cm³/mol. The molecule has 2 aromatic carbocycles. The maximum absolute atomic E-state index is 11.5. The summed E-state index contributed by atoms with van der Waals surface area (Å²) in [5.74, 6) is 1.34. The lowest BCUT2D eigenvalue weighted by Gasteiger charge is -2.10. The maximum atomic E-state index is 11.5. The Morgan fingerprint density at radius 1 is 0.964 bits per heavy atom. The molecule has 0 bridgehead atoms. The lowest BCUT2D eigenvalue weighted by Crippen LogP contribution is -2.23. The van der Waals surface area contributed by atoms with Crippen LogP contribution in [0.1, 0.15) is 50.4 Å². The molecule has 0 spiro atoms. The summed E-state index contributed by atoms with van der Waals surface area (Å²) in [5, 5.41) is 2.99. The third-order valence-electron chi connectivity index (χ3n) is 5.08. The number of aromatic nitrogens is 2. The second-order valence-electron chi connectivity index (χ2n) is 7.31. The van der Waals surface area contributed by atoms with Crippen molar-refractivity contribution in [3.05, 3.63) is 66.0 Å². The molecule has 3 rings (SSSR count). The molecular formula is C24H31N3O. The zero-order valence-corrected chi connectivity index (χ0v) is 16.9. The minimum Gasteiger partial charge on any atom is -0.356 e. The van der Waals surface area contributed by atoms with Crippen LogP contribution in [0.15, 0.2) is 54.6 Å². The van der Waals surface area contributed by atoms with Crippen LogP contribution >= 0.6 is 0 Å². The second kappa shape index (κ2) is 10.6. The van der Waals surface area contributed by atoms with Gasteiger partial charge in [0.15, 0.2) is 0 Å². The molecule has 0 aliphatic rings. The highest BCUT2D eigenvalue weighted by Crippen LogP contribution is 2.19. The normalized spacial score (nSPS) is 11.0. The minimum atomic E-state index is 0.171. The fourth-order valence-electron chi connectivity index (χ4n) is 3.58. The molecule has 1 heterocycles. The van der Waals surface area contributed by atoms with Crippen LogP contribution < -0.4 is 5.32 Å². The Morgan fingerprint density at radius 2 is 1.75 bits per heavy atom. The van der Waals surface area contributed by atoms with E-state index in [0.29, 0.717) is 6.42 Å². The van der Waals surface area contributed by atoms with Gasteiger partial charge in [0.1, 0.15) is 5.82 Å². The monoisotopic (exact) mass is 377 g/mol. The molecule has 0 radical (unpaired) electrons. The van der Waals surface area contributed by atoms with E-state index in [4.69, 9.17) is 4.98 Å². The van der Waals surface area contributed by atoms with E-state index in [1.807, 2.05) is 6.92 Å². The molecule has 4 heteroatoms. The Morgan fingerprint density at radius 3 is 2.57 bits per heavy atom. The van der Waals surface area contributed by atoms with Gasteiger partial charge in [-0.2, -0.15) is 0 Å². The van der Waals surface area contributed by atoms with Crippen LogP contribution in [0.2, 0.25) is 0 Å². The molecule has 0 saturated heterocycles. The van der Waals surface area contributed by atoms with E-state index < -0.39 is 0 Å². The molecule has 148 valence electrons. The summed E-state index contributed by atoms with van der Waals surface area (Å²) < 4.78 is 2.38. The summed E-state index contributed by atoms with van der Waals surface area (Å²) >= 11 is 0. The summed E-state index contributed by atoms with van der Waals surface area (Å²) in [6.07, 6.45) is 6.76. The Kier molecular flexibility index (Phi) is 7.65. The zero-order valence-electron chi connectivity index (χ0n) is 16.9. The van der Waals surface area contributed by atoms with Crippen LogP contribution in [0.4, 0.5) is 0 Å². The number of rotatable bonds is 11. The molecule has 28 heavy (non-hydrogen) atoms. The van der Waals surface area contributed by atoms with Crippen molar-refractivity contribution >= 4 is 16.9 Å². The predicted octanol–water partition coefficient (Wildman–Crippen LogP) is 4.91. The van der Waals surface area contributed by atoms with Crippen LogP contribution in [0.3, 0.4) is 0 Å². The molecule has 4 nitrogen and oxygen atoms in total. The molecule has 1 aromatic heterocycles. The number of benzene rings is 2. The van der Waals surface area contributed by atoms with Gasteiger partial charge in [-0.25, -0.2) is 4.98 Å². The van der Waals surface area contributed by atoms with Gasteiger partial charge in [-0.3, -0.25) is 4.79 Å². The van der Waals surface area contributed by atoms with Gasteiger partial charge in [0, 0.05) is 25.9 Å². The van der Waals surface area contributed by atoms with Gasteiger partial charge in [0.25, 0.3) is 0 Å². The topological polar surface area (TPSA) is 46.9 Å². The first-order valence-electron chi connectivity index (χ1n) is 10.5. The second-order valence-corrected chi connectivity index (χ2v) is 7.31. The zero-order chi connectivity index (χ0) is 19.6. The Balaban J connectivity index is 1.55. The first-order valence-corrected chi connectivity index (χ1v) is 10.5. The number of nitrogens with zero attached hydrogens (tertiary/aromatic N) is 2. The van der Waals surface area contributed by atoms with E-state index in [2.05, 4.69) is 64.5 Å². The summed E-state index contributed by atoms with van der Waals surface area (Å²) in [7, 11) is 0. The molecule has 0 fully saturated rings. The van der Waals surface area contributed by atoms with Gasteiger partial charge in [0.2, 0.25) is 5.91 Å². The van der Waals surface area contributed by atoms with E-state index in [0.717, 1.165) is 57.1 Å². The third kappa shape index (κ3) is 5.69. The molecule has 1 N–H and O–H groups in total. The summed E-state index contributed by atoms with van der Waals surface area (Å²) in [5.41, 5.74) is 3.66. The van der Waals surface area contributed by atoms with Gasteiger partial charge >= 0.3 is 0 Å². The molecule has 0 unspecified atom stereocenters. The molecule has 3 aromatic rings. The fraction of sp³-hybridized carbons (Fsp3) is 0.417. The first-order chi connectivity index (χ1) is 13.8. The van der Waals surface area contributed by atoms with Crippen molar-refractivity contribution in [3.63, 3.8) is 0 Å². The van der Waals surface area contributed by atoms with Crippen LogP contribution in [-0.4, -0.2) is 22.0 Å². The minimum absolute atomic E-state index is 0.171. The number of hydrogen-bond donors (Lipinski definition) is 1. The number of aryl methyl sites for hydroxylation is 3. The molecule has 1 amide bonds. The summed E-state index contributed by atoms with van der Waals surface area (Å²) in [6.45, 7) is 3.76. The van der Waals surface area contributed by atoms with Gasteiger partial charge in [-0.05, 0) is 43.4 Å². The number of para-hydroxylation sites is 2.